The topological polar surface area (TPSA) is 72.8 Å². The van der Waals surface area contributed by atoms with Crippen LogP contribution in [0.25, 0.3) is 21.9 Å². The highest BCUT2D eigenvalue weighted by Gasteiger charge is 2.15. The second-order valence-electron chi connectivity index (χ2n) is 9.13. The van der Waals surface area contributed by atoms with Crippen molar-refractivity contribution in [3.8, 4) is 22.6 Å². The summed E-state index contributed by atoms with van der Waals surface area (Å²) < 4.78 is 11.3. The van der Waals surface area contributed by atoms with Gasteiger partial charge in [-0.2, -0.15) is 0 Å². The molecule has 0 saturated heterocycles. The lowest BCUT2D eigenvalue weighted by Gasteiger charge is -2.14. The molecule has 0 aliphatic rings. The van der Waals surface area contributed by atoms with Crippen molar-refractivity contribution in [2.75, 3.05) is 6.61 Å². The highest BCUT2D eigenvalue weighted by Crippen LogP contribution is 2.30. The van der Waals surface area contributed by atoms with Crippen LogP contribution in [0.1, 0.15) is 46.5 Å². The molecule has 188 valence electrons. The number of carbonyl (C=O) groups is 2. The molecule has 0 amide bonds. The van der Waals surface area contributed by atoms with Crippen molar-refractivity contribution in [2.24, 2.45) is 5.92 Å². The molecule has 1 atom stereocenters. The van der Waals surface area contributed by atoms with Crippen LogP contribution < -0.4 is 9.47 Å². The molecule has 0 fully saturated rings. The molecule has 0 aliphatic heterocycles. The number of esters is 1. The molecule has 1 N–H and O–H groups in total. The van der Waals surface area contributed by atoms with Crippen LogP contribution in [0, 0.1) is 5.92 Å². The lowest BCUT2D eigenvalue weighted by molar-refractivity contribution is 0.0694. The molecule has 0 aromatic heterocycles. The van der Waals surface area contributed by atoms with Gasteiger partial charge in [0, 0.05) is 0 Å². The molecular weight excluding hydrogens is 464 g/mol. The largest absolute Gasteiger partial charge is 0.490 e. The summed E-state index contributed by atoms with van der Waals surface area (Å²) in [6.07, 6.45) is 3.44. The Labute approximate surface area is 217 Å². The van der Waals surface area contributed by atoms with E-state index < -0.39 is 11.9 Å². The van der Waals surface area contributed by atoms with Gasteiger partial charge >= 0.3 is 11.9 Å². The standard InChI is InChI=1S/C32H30O5/c1-4-16-36-28-14-12-23(13-15-28)22-6-8-24(9-7-22)32(35)37-29-18-25-10-11-26(31(33)34)20-30(25)27(19-29)17-21(3)5-2/h4,6-15,18-21H,1,5,16-17H2,2-3H3,(H,33,34)/t21-/m0/s1. The van der Waals surface area contributed by atoms with E-state index in [4.69, 9.17) is 9.47 Å². The minimum Gasteiger partial charge on any atom is -0.490 e. The van der Waals surface area contributed by atoms with Crippen molar-refractivity contribution < 1.29 is 24.2 Å². The van der Waals surface area contributed by atoms with E-state index in [0.717, 1.165) is 46.1 Å². The second kappa shape index (κ2) is 11.6. The number of ether oxygens (including phenoxy) is 2. The number of hydrogen-bond donors (Lipinski definition) is 1. The Morgan fingerprint density at radius 3 is 2.16 bits per heavy atom. The smallest absolute Gasteiger partial charge is 0.343 e. The third-order valence-corrected chi connectivity index (χ3v) is 6.41. The summed E-state index contributed by atoms with van der Waals surface area (Å²) in [5.41, 5.74) is 3.63. The molecule has 4 aromatic rings. The molecule has 5 nitrogen and oxygen atoms in total. The fourth-order valence-electron chi connectivity index (χ4n) is 4.15. The van der Waals surface area contributed by atoms with Gasteiger partial charge in [-0.1, -0.05) is 63.3 Å². The number of carbonyl (C=O) groups excluding carboxylic acids is 1. The Hall–Kier alpha value is -4.38. The van der Waals surface area contributed by atoms with Gasteiger partial charge < -0.3 is 14.6 Å². The summed E-state index contributed by atoms with van der Waals surface area (Å²) in [4.78, 5) is 24.4. The predicted molar refractivity (Wildman–Crippen MR) is 147 cm³/mol. The lowest BCUT2D eigenvalue weighted by atomic mass is 9.93. The first-order valence-electron chi connectivity index (χ1n) is 12.3. The minimum atomic E-state index is -0.965. The maximum Gasteiger partial charge on any atom is 0.343 e. The van der Waals surface area contributed by atoms with Crippen molar-refractivity contribution >= 4 is 22.7 Å². The van der Waals surface area contributed by atoms with E-state index in [2.05, 4.69) is 20.4 Å². The van der Waals surface area contributed by atoms with E-state index in [1.807, 2.05) is 42.5 Å². The molecule has 0 bridgehead atoms. The first-order valence-corrected chi connectivity index (χ1v) is 12.3. The summed E-state index contributed by atoms with van der Waals surface area (Å²) in [5.74, 6) is 0.199. The van der Waals surface area contributed by atoms with E-state index in [0.29, 0.717) is 23.8 Å². The maximum atomic E-state index is 13.0. The average Bonchev–Trinajstić information content (AvgIpc) is 2.92. The Morgan fingerprint density at radius 1 is 0.892 bits per heavy atom. The first kappa shape index (κ1) is 25.7. The van der Waals surface area contributed by atoms with Gasteiger partial charge in [0.05, 0.1) is 11.1 Å². The number of carboxylic acids is 1. The van der Waals surface area contributed by atoms with Gasteiger partial charge in [0.25, 0.3) is 0 Å². The van der Waals surface area contributed by atoms with Gasteiger partial charge in [0.15, 0.2) is 0 Å². The molecule has 0 radical (unpaired) electrons. The lowest BCUT2D eigenvalue weighted by Crippen LogP contribution is -2.09. The number of rotatable bonds is 10. The fourth-order valence-corrected chi connectivity index (χ4v) is 4.15. The summed E-state index contributed by atoms with van der Waals surface area (Å²) >= 11 is 0. The van der Waals surface area contributed by atoms with Crippen LogP contribution in [-0.4, -0.2) is 23.7 Å². The monoisotopic (exact) mass is 494 g/mol. The third kappa shape index (κ3) is 6.25. The molecule has 5 heteroatoms. The molecule has 0 unspecified atom stereocenters. The van der Waals surface area contributed by atoms with Crippen molar-refractivity contribution in [1.29, 1.82) is 0 Å². The van der Waals surface area contributed by atoms with Gasteiger partial charge in [-0.25, -0.2) is 9.59 Å². The van der Waals surface area contributed by atoms with E-state index in [9.17, 15) is 14.7 Å². The second-order valence-corrected chi connectivity index (χ2v) is 9.13. The van der Waals surface area contributed by atoms with E-state index in [-0.39, 0.29) is 5.56 Å². The summed E-state index contributed by atoms with van der Waals surface area (Å²) in [6.45, 7) is 8.37. The summed E-state index contributed by atoms with van der Waals surface area (Å²) in [5, 5.41) is 11.1. The van der Waals surface area contributed by atoms with Crippen LogP contribution in [-0.2, 0) is 6.42 Å². The highest BCUT2D eigenvalue weighted by atomic mass is 16.5. The zero-order valence-corrected chi connectivity index (χ0v) is 21.1. The first-order chi connectivity index (χ1) is 17.9. The quantitative estimate of drug-likeness (QED) is 0.140. The summed E-state index contributed by atoms with van der Waals surface area (Å²) in [6, 6.07) is 23.7. The Kier molecular flexibility index (Phi) is 8.04. The van der Waals surface area contributed by atoms with Crippen LogP contribution in [0.15, 0.2) is 91.5 Å². The molecule has 0 spiro atoms. The Bertz CT molecular complexity index is 1420. The predicted octanol–water partition coefficient (Wildman–Crippen LogP) is 7.58. The number of benzene rings is 4. The van der Waals surface area contributed by atoms with Crippen LogP contribution in [0.5, 0.6) is 11.5 Å². The molecule has 4 rings (SSSR count). The fraction of sp³-hybridized carbons (Fsp3) is 0.188. The van der Waals surface area contributed by atoms with Crippen LogP contribution in [0.2, 0.25) is 0 Å². The van der Waals surface area contributed by atoms with Crippen LogP contribution >= 0.6 is 0 Å². The van der Waals surface area contributed by atoms with Gasteiger partial charge in [0.1, 0.15) is 18.1 Å². The highest BCUT2D eigenvalue weighted by molar-refractivity contribution is 5.97. The zero-order valence-electron chi connectivity index (χ0n) is 21.1. The molecule has 0 aliphatic carbocycles. The summed E-state index contributed by atoms with van der Waals surface area (Å²) in [7, 11) is 0. The van der Waals surface area contributed by atoms with Gasteiger partial charge in [-0.15, -0.1) is 0 Å². The zero-order chi connectivity index (χ0) is 26.4. The van der Waals surface area contributed by atoms with Crippen molar-refractivity contribution in [3.63, 3.8) is 0 Å². The normalized spacial score (nSPS) is 11.6. The molecule has 0 heterocycles. The van der Waals surface area contributed by atoms with E-state index in [1.165, 1.54) is 0 Å². The Balaban J connectivity index is 1.55. The van der Waals surface area contributed by atoms with Crippen molar-refractivity contribution in [1.82, 2.24) is 0 Å². The van der Waals surface area contributed by atoms with Crippen LogP contribution in [0.3, 0.4) is 0 Å². The Morgan fingerprint density at radius 2 is 1.54 bits per heavy atom. The van der Waals surface area contributed by atoms with E-state index in [1.54, 1.807) is 42.5 Å². The van der Waals surface area contributed by atoms with Crippen molar-refractivity contribution in [3.05, 3.63) is 108 Å². The number of aromatic carboxylic acids is 1. The molecule has 4 aromatic carbocycles. The van der Waals surface area contributed by atoms with Crippen LogP contribution in [0.4, 0.5) is 0 Å². The SMILES string of the molecule is C=CCOc1ccc(-c2ccc(C(=O)Oc3cc(C[C@@H](C)CC)c4cc(C(=O)O)ccc4c3)cc2)cc1. The molecule has 0 saturated carbocycles. The third-order valence-electron chi connectivity index (χ3n) is 6.41. The molecular formula is C32H30O5. The van der Waals surface area contributed by atoms with Crippen molar-refractivity contribution in [2.45, 2.75) is 26.7 Å². The molecule has 37 heavy (non-hydrogen) atoms. The number of carboxylic acid groups (broad SMARTS) is 1. The minimum absolute atomic E-state index is 0.238. The van der Waals surface area contributed by atoms with Gasteiger partial charge in [0.2, 0.25) is 0 Å². The maximum absolute atomic E-state index is 13.0. The van der Waals surface area contributed by atoms with Gasteiger partial charge in [-0.05, 0) is 88.3 Å². The average molecular weight is 495 g/mol. The van der Waals surface area contributed by atoms with Gasteiger partial charge in [-0.3, -0.25) is 0 Å². The number of fused-ring (bicyclic) bond motifs is 1. The number of hydrogen-bond acceptors (Lipinski definition) is 4. The van der Waals surface area contributed by atoms with E-state index >= 15 is 0 Å².